The van der Waals surface area contributed by atoms with Crippen molar-refractivity contribution in [2.24, 2.45) is 7.05 Å². The lowest BCUT2D eigenvalue weighted by molar-refractivity contribution is -0.116. The molecule has 0 aliphatic carbocycles. The maximum absolute atomic E-state index is 13.2. The molecule has 1 aromatic heterocycles. The van der Waals surface area contributed by atoms with Gasteiger partial charge in [-0.25, -0.2) is 0 Å². The van der Waals surface area contributed by atoms with E-state index in [1.807, 2.05) is 62.5 Å². The fraction of sp³-hybridized carbons (Fsp3) is 0.250. The second-order valence-corrected chi connectivity index (χ2v) is 8.46. The van der Waals surface area contributed by atoms with Gasteiger partial charge in [0.2, 0.25) is 5.91 Å². The summed E-state index contributed by atoms with van der Waals surface area (Å²) >= 11 is 0. The van der Waals surface area contributed by atoms with Crippen LogP contribution in [0.25, 0.3) is 10.9 Å². The third-order valence-electron chi connectivity index (χ3n) is 6.26. The van der Waals surface area contributed by atoms with Gasteiger partial charge in [0.15, 0.2) is 0 Å². The smallest absolute Gasteiger partial charge is 0.225 e. The number of para-hydroxylation sites is 1. The molecule has 3 aromatic carbocycles. The van der Waals surface area contributed by atoms with E-state index in [1.54, 1.807) is 14.2 Å². The van der Waals surface area contributed by atoms with Gasteiger partial charge in [-0.1, -0.05) is 24.3 Å². The maximum Gasteiger partial charge on any atom is 0.225 e. The predicted molar refractivity (Wildman–Crippen MR) is 133 cm³/mol. The van der Waals surface area contributed by atoms with E-state index >= 15 is 0 Å². The molecule has 5 nitrogen and oxygen atoms in total. The Hall–Kier alpha value is -3.73. The molecule has 1 heterocycles. The van der Waals surface area contributed by atoms with Gasteiger partial charge in [0.05, 0.1) is 14.2 Å². The number of hydrogen-bond acceptors (Lipinski definition) is 3. The van der Waals surface area contributed by atoms with Gasteiger partial charge < -0.3 is 19.4 Å². The van der Waals surface area contributed by atoms with Gasteiger partial charge in [0, 0.05) is 48.2 Å². The van der Waals surface area contributed by atoms with Gasteiger partial charge in [-0.15, -0.1) is 0 Å². The third-order valence-corrected chi connectivity index (χ3v) is 6.26. The topological polar surface area (TPSA) is 52.5 Å². The van der Waals surface area contributed by atoms with Crippen molar-refractivity contribution in [3.05, 3.63) is 89.1 Å². The Bertz CT molecular complexity index is 1280. The average Bonchev–Trinajstić information content (AvgIpc) is 3.16. The maximum atomic E-state index is 13.2. The predicted octanol–water partition coefficient (Wildman–Crippen LogP) is 5.97. The van der Waals surface area contributed by atoms with Crippen LogP contribution in [-0.4, -0.2) is 24.7 Å². The minimum Gasteiger partial charge on any atom is -0.497 e. The number of rotatable bonds is 7. The number of amides is 1. The van der Waals surface area contributed by atoms with Crippen LogP contribution in [0.5, 0.6) is 11.5 Å². The first-order chi connectivity index (χ1) is 15.9. The number of aryl methyl sites for hydroxylation is 3. The molecule has 33 heavy (non-hydrogen) atoms. The van der Waals surface area contributed by atoms with Crippen LogP contribution in [0.1, 0.15) is 34.6 Å². The van der Waals surface area contributed by atoms with E-state index in [-0.39, 0.29) is 18.2 Å². The van der Waals surface area contributed by atoms with Crippen molar-refractivity contribution in [3.8, 4) is 11.5 Å². The average molecular weight is 443 g/mol. The first-order valence-corrected chi connectivity index (χ1v) is 11.0. The van der Waals surface area contributed by atoms with Gasteiger partial charge in [0.25, 0.3) is 0 Å². The first-order valence-electron chi connectivity index (χ1n) is 11.0. The van der Waals surface area contributed by atoms with E-state index < -0.39 is 0 Å². The number of ether oxygens (including phenoxy) is 2. The molecule has 170 valence electrons. The number of fused-ring (bicyclic) bond motifs is 1. The molecule has 5 heteroatoms. The third kappa shape index (κ3) is 4.72. The Labute approximate surface area is 195 Å². The SMILES string of the molecule is COc1cc(OC)cc(C(CC(=O)Nc2ccc(C)c(C)c2)c2cn(C)c3ccccc23)c1. The normalized spacial score (nSPS) is 11.9. The van der Waals surface area contributed by atoms with Crippen molar-refractivity contribution in [1.82, 2.24) is 4.57 Å². The molecule has 1 amide bonds. The molecule has 4 aromatic rings. The minimum absolute atomic E-state index is 0.0435. The number of carbonyl (C=O) groups is 1. The van der Waals surface area contributed by atoms with Crippen LogP contribution >= 0.6 is 0 Å². The van der Waals surface area contributed by atoms with Crippen LogP contribution < -0.4 is 14.8 Å². The monoisotopic (exact) mass is 442 g/mol. The lowest BCUT2D eigenvalue weighted by atomic mass is 9.87. The van der Waals surface area contributed by atoms with E-state index in [0.717, 1.165) is 33.3 Å². The fourth-order valence-corrected chi connectivity index (χ4v) is 4.31. The van der Waals surface area contributed by atoms with E-state index in [0.29, 0.717) is 11.5 Å². The van der Waals surface area contributed by atoms with Crippen LogP contribution in [0.3, 0.4) is 0 Å². The number of aromatic nitrogens is 1. The van der Waals surface area contributed by atoms with Gasteiger partial charge in [-0.2, -0.15) is 0 Å². The molecule has 1 atom stereocenters. The van der Waals surface area contributed by atoms with Crippen LogP contribution in [0, 0.1) is 13.8 Å². The van der Waals surface area contributed by atoms with E-state index in [2.05, 4.69) is 35.1 Å². The molecule has 0 bridgehead atoms. The minimum atomic E-state index is -0.174. The Balaban J connectivity index is 1.76. The van der Waals surface area contributed by atoms with Crippen molar-refractivity contribution in [2.45, 2.75) is 26.2 Å². The molecular formula is C28H30N2O3. The zero-order valence-corrected chi connectivity index (χ0v) is 19.8. The van der Waals surface area contributed by atoms with Crippen LogP contribution in [0.15, 0.2) is 66.9 Å². The Morgan fingerprint density at radius 3 is 2.30 bits per heavy atom. The van der Waals surface area contributed by atoms with Crippen LogP contribution in [-0.2, 0) is 11.8 Å². The largest absolute Gasteiger partial charge is 0.497 e. The van der Waals surface area contributed by atoms with Crippen molar-refractivity contribution in [1.29, 1.82) is 0 Å². The molecule has 4 rings (SSSR count). The number of methoxy groups -OCH3 is 2. The Morgan fingerprint density at radius 1 is 0.939 bits per heavy atom. The summed E-state index contributed by atoms with van der Waals surface area (Å²) in [6.45, 7) is 4.11. The van der Waals surface area contributed by atoms with E-state index in [4.69, 9.17) is 9.47 Å². The highest BCUT2D eigenvalue weighted by atomic mass is 16.5. The number of nitrogens with zero attached hydrogens (tertiary/aromatic N) is 1. The lowest BCUT2D eigenvalue weighted by Gasteiger charge is -2.19. The molecule has 1 unspecified atom stereocenters. The van der Waals surface area contributed by atoms with Gasteiger partial charge in [-0.3, -0.25) is 4.79 Å². The molecule has 1 N–H and O–H groups in total. The number of benzene rings is 3. The van der Waals surface area contributed by atoms with Crippen LogP contribution in [0.2, 0.25) is 0 Å². The van der Waals surface area contributed by atoms with Crippen LogP contribution in [0.4, 0.5) is 5.69 Å². The van der Waals surface area contributed by atoms with Crippen molar-refractivity contribution in [3.63, 3.8) is 0 Å². The molecule has 0 spiro atoms. The number of carbonyl (C=O) groups excluding carboxylic acids is 1. The fourth-order valence-electron chi connectivity index (χ4n) is 4.31. The molecule has 0 radical (unpaired) electrons. The highest BCUT2D eigenvalue weighted by Gasteiger charge is 2.24. The molecule has 0 saturated carbocycles. The second kappa shape index (κ2) is 9.41. The van der Waals surface area contributed by atoms with E-state index in [9.17, 15) is 4.79 Å². The van der Waals surface area contributed by atoms with Gasteiger partial charge in [0.1, 0.15) is 11.5 Å². The zero-order valence-electron chi connectivity index (χ0n) is 19.8. The van der Waals surface area contributed by atoms with Crippen molar-refractivity contribution < 1.29 is 14.3 Å². The van der Waals surface area contributed by atoms with Crippen molar-refractivity contribution in [2.75, 3.05) is 19.5 Å². The summed E-state index contributed by atoms with van der Waals surface area (Å²) in [5.74, 6) is 1.18. The quantitative estimate of drug-likeness (QED) is 0.383. The summed E-state index contributed by atoms with van der Waals surface area (Å²) in [4.78, 5) is 13.2. The molecule has 0 aliphatic rings. The Kier molecular flexibility index (Phi) is 6.40. The summed E-state index contributed by atoms with van der Waals surface area (Å²) < 4.78 is 13.1. The standard InChI is InChI=1S/C28H30N2O3/c1-18-10-11-21(12-19(18)2)29-28(31)16-25(20-13-22(32-4)15-23(14-20)33-5)26-17-30(3)27-9-7-6-8-24(26)27/h6-15,17,25H,16H2,1-5H3,(H,29,31). The first kappa shape index (κ1) is 22.5. The molecule has 0 saturated heterocycles. The molecule has 0 fully saturated rings. The highest BCUT2D eigenvalue weighted by Crippen LogP contribution is 2.38. The number of anilines is 1. The summed E-state index contributed by atoms with van der Waals surface area (Å²) in [5, 5.41) is 4.21. The summed E-state index contributed by atoms with van der Waals surface area (Å²) in [7, 11) is 5.31. The number of nitrogens with one attached hydrogen (secondary N) is 1. The molecule has 0 aliphatic heterocycles. The second-order valence-electron chi connectivity index (χ2n) is 8.46. The van der Waals surface area contributed by atoms with Gasteiger partial charge >= 0.3 is 0 Å². The van der Waals surface area contributed by atoms with Crippen molar-refractivity contribution >= 4 is 22.5 Å². The molecular weight excluding hydrogens is 412 g/mol. The summed E-state index contributed by atoms with van der Waals surface area (Å²) in [6.07, 6.45) is 2.40. The lowest BCUT2D eigenvalue weighted by Crippen LogP contribution is -2.16. The summed E-state index contributed by atoms with van der Waals surface area (Å²) in [6, 6.07) is 20.1. The highest BCUT2D eigenvalue weighted by molar-refractivity contribution is 5.93. The summed E-state index contributed by atoms with van der Waals surface area (Å²) in [5.41, 5.74) is 6.35. The van der Waals surface area contributed by atoms with E-state index in [1.165, 1.54) is 5.56 Å². The van der Waals surface area contributed by atoms with Gasteiger partial charge in [-0.05, 0) is 66.4 Å². The zero-order chi connectivity index (χ0) is 23.5. The Morgan fingerprint density at radius 2 is 1.64 bits per heavy atom. The number of hydrogen-bond donors (Lipinski definition) is 1.